The Labute approximate surface area is 193 Å². The summed E-state index contributed by atoms with van der Waals surface area (Å²) in [6.07, 6.45) is 3.57. The first kappa shape index (κ1) is 24.0. The van der Waals surface area contributed by atoms with E-state index >= 15 is 0 Å². The monoisotopic (exact) mass is 452 g/mol. The SMILES string of the molecule is C=N/C(=C\C(=N/COc1ccc2[nH]c(C)cc2c1)N1CCN(C)CC1)Nc1ccn[nH]1.CO. The highest BCUT2D eigenvalue weighted by Crippen LogP contribution is 2.21. The number of nitrogens with one attached hydrogen (secondary N) is 3. The number of aliphatic hydroxyl groups is 1. The van der Waals surface area contributed by atoms with Crippen molar-refractivity contribution < 1.29 is 9.84 Å². The van der Waals surface area contributed by atoms with Crippen molar-refractivity contribution in [3.63, 3.8) is 0 Å². The van der Waals surface area contributed by atoms with Crippen LogP contribution in [0.2, 0.25) is 0 Å². The molecule has 33 heavy (non-hydrogen) atoms. The molecule has 0 radical (unpaired) electrons. The number of aromatic nitrogens is 3. The summed E-state index contributed by atoms with van der Waals surface area (Å²) in [5.41, 5.74) is 2.22. The Morgan fingerprint density at radius 1 is 1.24 bits per heavy atom. The zero-order chi connectivity index (χ0) is 23.6. The molecule has 4 rings (SSSR count). The smallest absolute Gasteiger partial charge is 0.181 e. The molecule has 4 N–H and O–H groups in total. The van der Waals surface area contributed by atoms with Crippen molar-refractivity contribution in [2.24, 2.45) is 9.98 Å². The fraction of sp³-hybridized carbons (Fsp3) is 0.348. The van der Waals surface area contributed by atoms with Gasteiger partial charge in [-0.1, -0.05) is 0 Å². The van der Waals surface area contributed by atoms with Crippen molar-refractivity contribution in [3.8, 4) is 5.75 Å². The fourth-order valence-corrected chi connectivity index (χ4v) is 3.50. The number of nitrogens with zero attached hydrogens (tertiary/aromatic N) is 5. The second kappa shape index (κ2) is 11.8. The number of anilines is 1. The molecule has 1 aliphatic heterocycles. The number of H-pyrrole nitrogens is 2. The molecule has 176 valence electrons. The molecule has 3 aromatic rings. The highest BCUT2D eigenvalue weighted by Gasteiger charge is 2.17. The lowest BCUT2D eigenvalue weighted by Crippen LogP contribution is -2.47. The van der Waals surface area contributed by atoms with Gasteiger partial charge >= 0.3 is 0 Å². The number of amidine groups is 1. The number of piperazine rings is 1. The molecule has 3 heterocycles. The van der Waals surface area contributed by atoms with Gasteiger partial charge in [0, 0.05) is 62.0 Å². The first-order chi connectivity index (χ1) is 16.1. The molecule has 1 fully saturated rings. The summed E-state index contributed by atoms with van der Waals surface area (Å²) in [6, 6.07) is 9.93. The molecule has 1 saturated heterocycles. The van der Waals surface area contributed by atoms with Gasteiger partial charge in [0.05, 0.1) is 6.20 Å². The summed E-state index contributed by atoms with van der Waals surface area (Å²) in [5.74, 6) is 2.92. The van der Waals surface area contributed by atoms with Gasteiger partial charge in [0.25, 0.3) is 0 Å². The van der Waals surface area contributed by atoms with Crippen molar-refractivity contribution >= 4 is 29.3 Å². The maximum absolute atomic E-state index is 7.00. The molecule has 0 atom stereocenters. The Hall–Kier alpha value is -3.63. The number of rotatable bonds is 7. The number of aliphatic imine (C=N–C) groups is 2. The fourth-order valence-electron chi connectivity index (χ4n) is 3.50. The molecule has 0 spiro atoms. The van der Waals surface area contributed by atoms with E-state index in [0.717, 1.165) is 67.3 Å². The predicted octanol–water partition coefficient (Wildman–Crippen LogP) is 2.44. The minimum absolute atomic E-state index is 0.210. The highest BCUT2D eigenvalue weighted by molar-refractivity contribution is 5.94. The quantitative estimate of drug-likeness (QED) is 0.323. The van der Waals surface area contributed by atoms with E-state index in [4.69, 9.17) is 14.8 Å². The van der Waals surface area contributed by atoms with Gasteiger partial charge in [-0.25, -0.2) is 9.98 Å². The first-order valence-electron chi connectivity index (χ1n) is 10.7. The third kappa shape index (κ3) is 6.67. The molecule has 0 unspecified atom stereocenters. The molecule has 0 amide bonds. The van der Waals surface area contributed by atoms with Crippen molar-refractivity contribution in [1.29, 1.82) is 0 Å². The van der Waals surface area contributed by atoms with Crippen LogP contribution < -0.4 is 10.1 Å². The Morgan fingerprint density at radius 2 is 2.03 bits per heavy atom. The van der Waals surface area contributed by atoms with E-state index in [1.807, 2.05) is 37.3 Å². The van der Waals surface area contributed by atoms with Crippen LogP contribution in [0.1, 0.15) is 5.69 Å². The summed E-state index contributed by atoms with van der Waals surface area (Å²) in [5, 5.41) is 18.1. The summed E-state index contributed by atoms with van der Waals surface area (Å²) < 4.78 is 5.94. The van der Waals surface area contributed by atoms with Crippen LogP contribution >= 0.6 is 0 Å². The molecule has 1 aliphatic rings. The van der Waals surface area contributed by atoms with Crippen LogP contribution in [0.25, 0.3) is 10.9 Å². The molecule has 0 aliphatic carbocycles. The van der Waals surface area contributed by atoms with Crippen molar-refractivity contribution in [2.75, 3.05) is 52.4 Å². The van der Waals surface area contributed by atoms with E-state index < -0.39 is 0 Å². The Bertz CT molecular complexity index is 1080. The van der Waals surface area contributed by atoms with E-state index in [2.05, 4.69) is 55.1 Å². The van der Waals surface area contributed by atoms with Crippen LogP contribution in [0.15, 0.2) is 58.4 Å². The Kier molecular flexibility index (Phi) is 8.62. The average molecular weight is 453 g/mol. The molecule has 1 aromatic carbocycles. The van der Waals surface area contributed by atoms with Gasteiger partial charge in [0.15, 0.2) is 6.73 Å². The summed E-state index contributed by atoms with van der Waals surface area (Å²) in [4.78, 5) is 16.7. The number of aliphatic hydroxyl groups excluding tert-OH is 1. The Morgan fingerprint density at radius 3 is 2.73 bits per heavy atom. The third-order valence-corrected chi connectivity index (χ3v) is 5.21. The molecule has 2 aromatic heterocycles. The van der Waals surface area contributed by atoms with Gasteiger partial charge in [-0.05, 0) is 45.0 Å². The van der Waals surface area contributed by atoms with Crippen LogP contribution in [0, 0.1) is 6.92 Å². The van der Waals surface area contributed by atoms with Crippen molar-refractivity contribution in [2.45, 2.75) is 6.92 Å². The number of hydrogen-bond donors (Lipinski definition) is 4. The van der Waals surface area contributed by atoms with Crippen LogP contribution in [0.3, 0.4) is 0 Å². The third-order valence-electron chi connectivity index (χ3n) is 5.21. The standard InChI is InChI=1S/C22H28N8O.CH4O/c1-16-12-17-13-18(4-5-19(17)26-16)31-15-24-22(30-10-8-29(3)9-11-30)14-21(23-2)27-20-6-7-25-28-20;1-2/h4-7,12-14,26H,2,8-11,15H2,1,3H3,(H2,25,27,28);2H,1H3/b21-14+,24-22+;. The van der Waals surface area contributed by atoms with Gasteiger partial charge < -0.3 is 29.9 Å². The maximum atomic E-state index is 7.00. The van der Waals surface area contributed by atoms with Gasteiger partial charge in [-0.3, -0.25) is 5.10 Å². The second-order valence-corrected chi connectivity index (χ2v) is 7.56. The topological polar surface area (TPSA) is 117 Å². The van der Waals surface area contributed by atoms with Gasteiger partial charge in [-0.2, -0.15) is 5.10 Å². The van der Waals surface area contributed by atoms with E-state index in [-0.39, 0.29) is 6.73 Å². The molecule has 0 saturated carbocycles. The molecule has 10 nitrogen and oxygen atoms in total. The first-order valence-corrected chi connectivity index (χ1v) is 10.7. The van der Waals surface area contributed by atoms with Crippen molar-refractivity contribution in [3.05, 3.63) is 54.1 Å². The molecule has 10 heteroatoms. The minimum atomic E-state index is 0.210. The van der Waals surface area contributed by atoms with Gasteiger partial charge in [0.1, 0.15) is 23.2 Å². The summed E-state index contributed by atoms with van der Waals surface area (Å²) in [6.45, 7) is 9.65. The zero-order valence-electron chi connectivity index (χ0n) is 19.4. The predicted molar refractivity (Wildman–Crippen MR) is 133 cm³/mol. The average Bonchev–Trinajstić information content (AvgIpc) is 3.48. The highest BCUT2D eigenvalue weighted by atomic mass is 16.5. The number of likely N-dealkylation sites (N-methyl/N-ethyl adjacent to an activating group) is 1. The second-order valence-electron chi connectivity index (χ2n) is 7.56. The van der Waals surface area contributed by atoms with E-state index in [9.17, 15) is 0 Å². The lowest BCUT2D eigenvalue weighted by molar-refractivity contribution is 0.214. The van der Waals surface area contributed by atoms with E-state index in [1.54, 1.807) is 6.20 Å². The number of benzene rings is 1. The number of ether oxygens (including phenoxy) is 1. The van der Waals surface area contributed by atoms with E-state index in [1.165, 1.54) is 0 Å². The summed E-state index contributed by atoms with van der Waals surface area (Å²) >= 11 is 0. The minimum Gasteiger partial charge on any atom is -0.471 e. The zero-order valence-corrected chi connectivity index (χ0v) is 19.4. The summed E-state index contributed by atoms with van der Waals surface area (Å²) in [7, 11) is 3.13. The van der Waals surface area contributed by atoms with Crippen LogP contribution in [0.5, 0.6) is 5.75 Å². The number of aryl methyl sites for hydroxylation is 1. The molecular formula is C23H32N8O2. The molecule has 0 bridgehead atoms. The lowest BCUT2D eigenvalue weighted by Gasteiger charge is -2.33. The number of aromatic amines is 2. The lowest BCUT2D eigenvalue weighted by atomic mass is 10.2. The van der Waals surface area contributed by atoms with Crippen molar-refractivity contribution in [1.82, 2.24) is 25.0 Å². The Balaban J connectivity index is 0.00000149. The van der Waals surface area contributed by atoms with Gasteiger partial charge in [0.2, 0.25) is 0 Å². The molecular weight excluding hydrogens is 420 g/mol. The number of fused-ring (bicyclic) bond motifs is 1. The normalized spacial score (nSPS) is 15.2. The van der Waals surface area contributed by atoms with Gasteiger partial charge in [-0.15, -0.1) is 0 Å². The van der Waals surface area contributed by atoms with Crippen LogP contribution in [-0.2, 0) is 0 Å². The van der Waals surface area contributed by atoms with Crippen LogP contribution in [0.4, 0.5) is 5.82 Å². The number of hydrogen-bond acceptors (Lipinski definition) is 7. The van der Waals surface area contributed by atoms with Crippen LogP contribution in [-0.4, -0.2) is 89.7 Å². The largest absolute Gasteiger partial charge is 0.471 e. The van der Waals surface area contributed by atoms with E-state index in [0.29, 0.717) is 5.82 Å². The maximum Gasteiger partial charge on any atom is 0.181 e.